The molecule has 0 saturated carbocycles. The van der Waals surface area contributed by atoms with Crippen LogP contribution in [0.3, 0.4) is 0 Å². The Morgan fingerprint density at radius 3 is 2.79 bits per heavy atom. The van der Waals surface area contributed by atoms with Crippen LogP contribution in [0.1, 0.15) is 39.5 Å². The molecule has 0 aliphatic carbocycles. The van der Waals surface area contributed by atoms with Gasteiger partial charge in [0.15, 0.2) is 0 Å². The topological polar surface area (TPSA) is 78.9 Å². The molecule has 6 nitrogen and oxygen atoms in total. The monoisotopic (exact) mass is 272 g/mol. The standard InChI is InChI=1S/C13H24N2O4/c1-3-15(9-11-5-4-8-19-11)13(18)14-10(2)6-7-12(16)17/h10-11H,3-9H2,1-2H3,(H,14,18)(H,16,17). The molecule has 2 unspecified atom stereocenters. The Morgan fingerprint density at radius 2 is 2.26 bits per heavy atom. The molecular formula is C13H24N2O4. The van der Waals surface area contributed by atoms with Crippen LogP contribution in [0.2, 0.25) is 0 Å². The lowest BCUT2D eigenvalue weighted by Gasteiger charge is -2.26. The van der Waals surface area contributed by atoms with Crippen LogP contribution in [-0.4, -0.2) is 53.8 Å². The van der Waals surface area contributed by atoms with E-state index in [0.717, 1.165) is 19.4 Å². The number of amides is 2. The third kappa shape index (κ3) is 5.92. The van der Waals surface area contributed by atoms with Crippen molar-refractivity contribution < 1.29 is 19.4 Å². The second-order valence-electron chi connectivity index (χ2n) is 4.96. The van der Waals surface area contributed by atoms with Crippen molar-refractivity contribution >= 4 is 12.0 Å². The average molecular weight is 272 g/mol. The smallest absolute Gasteiger partial charge is 0.317 e. The summed E-state index contributed by atoms with van der Waals surface area (Å²) in [5.74, 6) is -0.840. The van der Waals surface area contributed by atoms with Gasteiger partial charge in [0.25, 0.3) is 0 Å². The van der Waals surface area contributed by atoms with Crippen molar-refractivity contribution in [3.8, 4) is 0 Å². The molecule has 0 aromatic carbocycles. The molecule has 1 aliphatic rings. The van der Waals surface area contributed by atoms with E-state index in [9.17, 15) is 9.59 Å². The number of carbonyl (C=O) groups excluding carboxylic acids is 1. The minimum atomic E-state index is -0.840. The number of likely N-dealkylation sites (N-methyl/N-ethyl adjacent to an activating group) is 1. The van der Waals surface area contributed by atoms with E-state index in [-0.39, 0.29) is 24.6 Å². The van der Waals surface area contributed by atoms with Crippen molar-refractivity contribution in [1.82, 2.24) is 10.2 Å². The van der Waals surface area contributed by atoms with E-state index in [1.165, 1.54) is 0 Å². The van der Waals surface area contributed by atoms with Crippen LogP contribution in [-0.2, 0) is 9.53 Å². The second kappa shape index (κ2) is 7.99. The first kappa shape index (κ1) is 15.8. The Kier molecular flexibility index (Phi) is 6.62. The zero-order valence-corrected chi connectivity index (χ0v) is 11.7. The Labute approximate surface area is 114 Å². The van der Waals surface area contributed by atoms with Gasteiger partial charge >= 0.3 is 12.0 Å². The van der Waals surface area contributed by atoms with E-state index in [2.05, 4.69) is 5.32 Å². The fourth-order valence-corrected chi connectivity index (χ4v) is 2.10. The van der Waals surface area contributed by atoms with Crippen molar-refractivity contribution in [3.63, 3.8) is 0 Å². The van der Waals surface area contributed by atoms with Crippen LogP contribution < -0.4 is 5.32 Å². The molecule has 0 aromatic heterocycles. The number of hydrogen-bond donors (Lipinski definition) is 2. The van der Waals surface area contributed by atoms with E-state index < -0.39 is 5.97 Å². The highest BCUT2D eigenvalue weighted by molar-refractivity contribution is 5.74. The van der Waals surface area contributed by atoms with Gasteiger partial charge in [-0.2, -0.15) is 0 Å². The number of carboxylic acids is 1. The predicted octanol–water partition coefficient (Wildman–Crippen LogP) is 1.45. The SMILES string of the molecule is CCN(CC1CCCO1)C(=O)NC(C)CCC(=O)O. The molecule has 0 spiro atoms. The lowest BCUT2D eigenvalue weighted by molar-refractivity contribution is -0.137. The van der Waals surface area contributed by atoms with Gasteiger partial charge in [0.05, 0.1) is 6.10 Å². The van der Waals surface area contributed by atoms with Crippen LogP contribution in [0.15, 0.2) is 0 Å². The highest BCUT2D eigenvalue weighted by Gasteiger charge is 2.22. The van der Waals surface area contributed by atoms with Crippen molar-refractivity contribution in [3.05, 3.63) is 0 Å². The molecule has 0 bridgehead atoms. The minimum absolute atomic E-state index is 0.0688. The van der Waals surface area contributed by atoms with Crippen LogP contribution in [0.4, 0.5) is 4.79 Å². The van der Waals surface area contributed by atoms with Crippen molar-refractivity contribution in [2.75, 3.05) is 19.7 Å². The van der Waals surface area contributed by atoms with E-state index >= 15 is 0 Å². The van der Waals surface area contributed by atoms with Crippen molar-refractivity contribution in [2.45, 2.75) is 51.7 Å². The summed E-state index contributed by atoms with van der Waals surface area (Å²) in [4.78, 5) is 24.2. The molecule has 1 fully saturated rings. The molecule has 0 radical (unpaired) electrons. The summed E-state index contributed by atoms with van der Waals surface area (Å²) in [5.41, 5.74) is 0. The molecule has 1 rings (SSSR count). The highest BCUT2D eigenvalue weighted by Crippen LogP contribution is 2.13. The van der Waals surface area contributed by atoms with Crippen LogP contribution in [0.5, 0.6) is 0 Å². The summed E-state index contributed by atoms with van der Waals surface area (Å²) in [5, 5.41) is 11.4. The number of urea groups is 1. The van der Waals surface area contributed by atoms with Gasteiger partial charge in [-0.15, -0.1) is 0 Å². The number of carbonyl (C=O) groups is 2. The Balaban J connectivity index is 2.33. The molecule has 1 aliphatic heterocycles. The molecule has 1 saturated heterocycles. The summed E-state index contributed by atoms with van der Waals surface area (Å²) in [6, 6.07) is -0.280. The molecule has 0 aromatic rings. The molecule has 6 heteroatoms. The highest BCUT2D eigenvalue weighted by atomic mass is 16.5. The molecule has 2 N–H and O–H groups in total. The number of rotatable bonds is 7. The first-order valence-electron chi connectivity index (χ1n) is 6.91. The molecule has 19 heavy (non-hydrogen) atoms. The first-order valence-corrected chi connectivity index (χ1v) is 6.91. The molecule has 2 atom stereocenters. The summed E-state index contributed by atoms with van der Waals surface area (Å²) >= 11 is 0. The van der Waals surface area contributed by atoms with Gasteiger partial charge in [-0.25, -0.2) is 4.79 Å². The maximum Gasteiger partial charge on any atom is 0.317 e. The van der Waals surface area contributed by atoms with E-state index in [1.54, 1.807) is 4.90 Å². The first-order chi connectivity index (χ1) is 9.02. The van der Waals surface area contributed by atoms with Crippen LogP contribution >= 0.6 is 0 Å². The summed E-state index contributed by atoms with van der Waals surface area (Å²) in [6.07, 6.45) is 2.70. The molecule has 2 amide bonds. The Hall–Kier alpha value is -1.30. The number of nitrogens with one attached hydrogen (secondary N) is 1. The third-order valence-corrected chi connectivity index (χ3v) is 3.28. The quantitative estimate of drug-likeness (QED) is 0.735. The minimum Gasteiger partial charge on any atom is -0.481 e. The van der Waals surface area contributed by atoms with E-state index in [0.29, 0.717) is 19.5 Å². The summed E-state index contributed by atoms with van der Waals surface area (Å²) in [6.45, 7) is 5.75. The zero-order valence-electron chi connectivity index (χ0n) is 11.7. The molecule has 1 heterocycles. The second-order valence-corrected chi connectivity index (χ2v) is 4.96. The fourth-order valence-electron chi connectivity index (χ4n) is 2.10. The number of ether oxygens (including phenoxy) is 1. The van der Waals surface area contributed by atoms with Gasteiger partial charge in [-0.05, 0) is 33.1 Å². The summed E-state index contributed by atoms with van der Waals surface area (Å²) in [7, 11) is 0. The van der Waals surface area contributed by atoms with E-state index in [4.69, 9.17) is 9.84 Å². The van der Waals surface area contributed by atoms with Gasteiger partial charge in [-0.3, -0.25) is 4.79 Å². The van der Waals surface area contributed by atoms with Gasteiger partial charge in [0.2, 0.25) is 0 Å². The van der Waals surface area contributed by atoms with Crippen LogP contribution in [0.25, 0.3) is 0 Å². The lowest BCUT2D eigenvalue weighted by atomic mass is 10.2. The average Bonchev–Trinajstić information content (AvgIpc) is 2.86. The zero-order chi connectivity index (χ0) is 14.3. The maximum absolute atomic E-state index is 12.0. The van der Waals surface area contributed by atoms with Gasteiger partial charge in [0, 0.05) is 32.2 Å². The number of aliphatic carboxylic acids is 1. The number of nitrogens with zero attached hydrogens (tertiary/aromatic N) is 1. The lowest BCUT2D eigenvalue weighted by Crippen LogP contribution is -2.46. The number of hydrogen-bond acceptors (Lipinski definition) is 3. The molecule has 110 valence electrons. The Morgan fingerprint density at radius 1 is 1.53 bits per heavy atom. The fraction of sp³-hybridized carbons (Fsp3) is 0.846. The van der Waals surface area contributed by atoms with E-state index in [1.807, 2.05) is 13.8 Å². The van der Waals surface area contributed by atoms with Crippen molar-refractivity contribution in [2.24, 2.45) is 0 Å². The third-order valence-electron chi connectivity index (χ3n) is 3.28. The number of carboxylic acid groups (broad SMARTS) is 1. The normalized spacial score (nSPS) is 20.0. The predicted molar refractivity (Wildman–Crippen MR) is 71.1 cm³/mol. The maximum atomic E-state index is 12.0. The van der Waals surface area contributed by atoms with Gasteiger partial charge < -0.3 is 20.1 Å². The largest absolute Gasteiger partial charge is 0.481 e. The van der Waals surface area contributed by atoms with Gasteiger partial charge in [-0.1, -0.05) is 0 Å². The van der Waals surface area contributed by atoms with Gasteiger partial charge in [0.1, 0.15) is 0 Å². The van der Waals surface area contributed by atoms with Crippen LogP contribution in [0, 0.1) is 0 Å². The van der Waals surface area contributed by atoms with Crippen molar-refractivity contribution in [1.29, 1.82) is 0 Å². The summed E-state index contributed by atoms with van der Waals surface area (Å²) < 4.78 is 5.52. The Bertz CT molecular complexity index is 303. The molecular weight excluding hydrogens is 248 g/mol.